The summed E-state index contributed by atoms with van der Waals surface area (Å²) >= 11 is 0. The van der Waals surface area contributed by atoms with E-state index in [9.17, 15) is 13.2 Å². The van der Waals surface area contributed by atoms with Crippen molar-refractivity contribution in [2.45, 2.75) is 37.6 Å². The number of hydrogen-bond acceptors (Lipinski definition) is 4. The van der Waals surface area contributed by atoms with Gasteiger partial charge >= 0.3 is 0 Å². The standard InChI is InChI=1S/C22H28N2O4S/c1-3-24(29(26,27)21-13-11-20(28-2)12-14-21)17-18-7-9-19(10-8-18)22(25)23-15-5-4-6-16-23/h7-14H,3-6,15-17H2,1-2H3. The quantitative estimate of drug-likeness (QED) is 0.693. The van der Waals surface area contributed by atoms with Crippen LogP contribution < -0.4 is 4.74 Å². The van der Waals surface area contributed by atoms with Gasteiger partial charge in [0.2, 0.25) is 10.0 Å². The molecule has 1 amide bonds. The Labute approximate surface area is 173 Å². The molecule has 0 spiro atoms. The number of methoxy groups -OCH3 is 1. The Balaban J connectivity index is 1.72. The number of benzene rings is 2. The van der Waals surface area contributed by atoms with Crippen LogP contribution >= 0.6 is 0 Å². The lowest BCUT2D eigenvalue weighted by atomic mass is 10.1. The number of amides is 1. The van der Waals surface area contributed by atoms with Crippen LogP contribution in [0.5, 0.6) is 5.75 Å². The fourth-order valence-electron chi connectivity index (χ4n) is 3.50. The smallest absolute Gasteiger partial charge is 0.253 e. The van der Waals surface area contributed by atoms with E-state index in [-0.39, 0.29) is 17.3 Å². The van der Waals surface area contributed by atoms with Crippen molar-refractivity contribution in [3.05, 3.63) is 59.7 Å². The molecule has 1 saturated heterocycles. The molecule has 0 saturated carbocycles. The molecule has 0 bridgehead atoms. The largest absolute Gasteiger partial charge is 0.497 e. The fraction of sp³-hybridized carbons (Fsp3) is 0.409. The average molecular weight is 417 g/mol. The van der Waals surface area contributed by atoms with Crippen molar-refractivity contribution in [1.29, 1.82) is 0 Å². The van der Waals surface area contributed by atoms with E-state index in [4.69, 9.17) is 4.74 Å². The van der Waals surface area contributed by atoms with E-state index < -0.39 is 10.0 Å². The summed E-state index contributed by atoms with van der Waals surface area (Å²) in [5, 5.41) is 0. The van der Waals surface area contributed by atoms with E-state index in [1.807, 2.05) is 24.0 Å². The number of ether oxygens (including phenoxy) is 1. The van der Waals surface area contributed by atoms with Crippen LogP contribution in [0.3, 0.4) is 0 Å². The van der Waals surface area contributed by atoms with Crippen molar-refractivity contribution in [3.8, 4) is 5.75 Å². The highest BCUT2D eigenvalue weighted by Gasteiger charge is 2.24. The number of likely N-dealkylation sites (tertiary alicyclic amines) is 1. The van der Waals surface area contributed by atoms with Crippen LogP contribution in [0.2, 0.25) is 0 Å². The van der Waals surface area contributed by atoms with Gasteiger partial charge in [-0.2, -0.15) is 4.31 Å². The summed E-state index contributed by atoms with van der Waals surface area (Å²) in [5.41, 5.74) is 1.50. The van der Waals surface area contributed by atoms with Gasteiger partial charge in [0, 0.05) is 31.7 Å². The number of carbonyl (C=O) groups is 1. The summed E-state index contributed by atoms with van der Waals surface area (Å²) in [4.78, 5) is 14.7. The molecule has 0 radical (unpaired) electrons. The summed E-state index contributed by atoms with van der Waals surface area (Å²) in [6, 6.07) is 13.6. The van der Waals surface area contributed by atoms with Crippen LogP contribution in [-0.2, 0) is 16.6 Å². The van der Waals surface area contributed by atoms with E-state index in [2.05, 4.69) is 0 Å². The highest BCUT2D eigenvalue weighted by molar-refractivity contribution is 7.89. The Morgan fingerprint density at radius 3 is 2.17 bits per heavy atom. The predicted molar refractivity (Wildman–Crippen MR) is 112 cm³/mol. The average Bonchev–Trinajstić information content (AvgIpc) is 2.78. The molecule has 7 heteroatoms. The van der Waals surface area contributed by atoms with Gasteiger partial charge in [-0.1, -0.05) is 19.1 Å². The first-order valence-electron chi connectivity index (χ1n) is 9.98. The molecule has 29 heavy (non-hydrogen) atoms. The van der Waals surface area contributed by atoms with Gasteiger partial charge in [0.25, 0.3) is 5.91 Å². The van der Waals surface area contributed by atoms with Crippen molar-refractivity contribution in [1.82, 2.24) is 9.21 Å². The van der Waals surface area contributed by atoms with Crippen molar-refractivity contribution >= 4 is 15.9 Å². The molecule has 0 N–H and O–H groups in total. The van der Waals surface area contributed by atoms with Gasteiger partial charge < -0.3 is 9.64 Å². The molecule has 6 nitrogen and oxygen atoms in total. The van der Waals surface area contributed by atoms with E-state index in [0.717, 1.165) is 31.5 Å². The van der Waals surface area contributed by atoms with E-state index in [1.54, 1.807) is 43.5 Å². The highest BCUT2D eigenvalue weighted by atomic mass is 32.2. The van der Waals surface area contributed by atoms with E-state index >= 15 is 0 Å². The van der Waals surface area contributed by atoms with Crippen molar-refractivity contribution in [2.24, 2.45) is 0 Å². The second-order valence-corrected chi connectivity index (χ2v) is 9.09. The summed E-state index contributed by atoms with van der Waals surface area (Å²) < 4.78 is 32.5. The van der Waals surface area contributed by atoms with Gasteiger partial charge in [0.1, 0.15) is 5.75 Å². The molecule has 0 aliphatic carbocycles. The first-order valence-corrected chi connectivity index (χ1v) is 11.4. The van der Waals surface area contributed by atoms with Crippen LogP contribution in [0.4, 0.5) is 0 Å². The van der Waals surface area contributed by atoms with Crippen LogP contribution in [-0.4, -0.2) is 50.3 Å². The molecule has 156 valence electrons. The van der Waals surface area contributed by atoms with Crippen molar-refractivity contribution in [3.63, 3.8) is 0 Å². The minimum Gasteiger partial charge on any atom is -0.497 e. The summed E-state index contributed by atoms with van der Waals surface area (Å²) in [7, 11) is -2.07. The Hall–Kier alpha value is -2.38. The monoisotopic (exact) mass is 416 g/mol. The Bertz CT molecular complexity index is 918. The molecular formula is C22H28N2O4S. The Morgan fingerprint density at radius 2 is 1.62 bits per heavy atom. The van der Waals surface area contributed by atoms with Crippen LogP contribution in [0.15, 0.2) is 53.4 Å². The SMILES string of the molecule is CCN(Cc1ccc(C(=O)N2CCCCC2)cc1)S(=O)(=O)c1ccc(OC)cc1. The summed E-state index contributed by atoms with van der Waals surface area (Å²) in [5.74, 6) is 0.662. The summed E-state index contributed by atoms with van der Waals surface area (Å²) in [6.45, 7) is 4.04. The minimum atomic E-state index is -3.62. The first kappa shape index (κ1) is 21.3. The number of sulfonamides is 1. The van der Waals surface area contributed by atoms with Gasteiger partial charge in [0.15, 0.2) is 0 Å². The maximum absolute atomic E-state index is 13.0. The number of nitrogens with zero attached hydrogens (tertiary/aromatic N) is 2. The maximum atomic E-state index is 13.0. The number of hydrogen-bond donors (Lipinski definition) is 0. The molecular weight excluding hydrogens is 388 g/mol. The van der Waals surface area contributed by atoms with Gasteiger partial charge in [-0.05, 0) is 61.2 Å². The molecule has 2 aromatic rings. The zero-order valence-electron chi connectivity index (χ0n) is 17.0. The third-order valence-corrected chi connectivity index (χ3v) is 7.19. The molecule has 0 aromatic heterocycles. The zero-order valence-corrected chi connectivity index (χ0v) is 17.8. The third kappa shape index (κ3) is 4.97. The second-order valence-electron chi connectivity index (χ2n) is 7.16. The van der Waals surface area contributed by atoms with Gasteiger partial charge in [-0.3, -0.25) is 4.79 Å². The Kier molecular flexibility index (Phi) is 6.92. The van der Waals surface area contributed by atoms with Crippen molar-refractivity contribution < 1.29 is 17.9 Å². The van der Waals surface area contributed by atoms with Gasteiger partial charge in [0.05, 0.1) is 12.0 Å². The van der Waals surface area contributed by atoms with Crippen LogP contribution in [0, 0.1) is 0 Å². The Morgan fingerprint density at radius 1 is 1.00 bits per heavy atom. The lowest BCUT2D eigenvalue weighted by molar-refractivity contribution is 0.0724. The van der Waals surface area contributed by atoms with Crippen LogP contribution in [0.25, 0.3) is 0 Å². The topological polar surface area (TPSA) is 66.9 Å². The van der Waals surface area contributed by atoms with Gasteiger partial charge in [-0.15, -0.1) is 0 Å². The number of carbonyl (C=O) groups excluding carboxylic acids is 1. The van der Waals surface area contributed by atoms with E-state index in [0.29, 0.717) is 17.9 Å². The first-order chi connectivity index (χ1) is 14.0. The molecule has 0 atom stereocenters. The zero-order chi connectivity index (χ0) is 20.9. The minimum absolute atomic E-state index is 0.0504. The van der Waals surface area contributed by atoms with Gasteiger partial charge in [-0.25, -0.2) is 8.42 Å². The number of rotatable bonds is 7. The third-order valence-electron chi connectivity index (χ3n) is 5.25. The molecule has 3 rings (SSSR count). The lowest BCUT2D eigenvalue weighted by Gasteiger charge is -2.27. The highest BCUT2D eigenvalue weighted by Crippen LogP contribution is 2.21. The van der Waals surface area contributed by atoms with E-state index in [1.165, 1.54) is 10.7 Å². The predicted octanol–water partition coefficient (Wildman–Crippen LogP) is 3.53. The summed E-state index contributed by atoms with van der Waals surface area (Å²) in [6.07, 6.45) is 3.29. The lowest BCUT2D eigenvalue weighted by Crippen LogP contribution is -2.35. The molecule has 1 heterocycles. The second kappa shape index (κ2) is 9.41. The fourth-order valence-corrected chi connectivity index (χ4v) is 4.94. The molecule has 1 aliphatic heterocycles. The normalized spacial score (nSPS) is 14.8. The molecule has 2 aromatic carbocycles. The molecule has 0 unspecified atom stereocenters. The molecule has 1 fully saturated rings. The maximum Gasteiger partial charge on any atom is 0.253 e. The number of piperidine rings is 1. The molecule has 1 aliphatic rings. The van der Waals surface area contributed by atoms with Crippen LogP contribution in [0.1, 0.15) is 42.1 Å². The van der Waals surface area contributed by atoms with Crippen molar-refractivity contribution in [2.75, 3.05) is 26.7 Å².